The molecule has 0 spiro atoms. The lowest BCUT2D eigenvalue weighted by atomic mass is 10.1. The number of aromatic nitrogens is 1. The van der Waals surface area contributed by atoms with Gasteiger partial charge in [0.25, 0.3) is 11.8 Å². The van der Waals surface area contributed by atoms with Gasteiger partial charge in [0.2, 0.25) is 5.56 Å². The molecule has 0 aliphatic heterocycles. The lowest BCUT2D eigenvalue weighted by Gasteiger charge is -2.17. The Hall–Kier alpha value is -4.96. The van der Waals surface area contributed by atoms with Gasteiger partial charge in [-0.05, 0) is 48.0 Å². The lowest BCUT2D eigenvalue weighted by Crippen LogP contribution is -2.51. The zero-order chi connectivity index (χ0) is 26.3. The minimum absolute atomic E-state index is 0.00302. The standard InChI is InChI=1S/C26H22N4O4.CH2O/c1-2-22-14-20(15-24(31)28-22)16-27-17-23(26(33)30-34)29-25(32)21-12-10-19(11-13-21)9-8-18-6-4-3-5-7-18;1-2/h1,3-7,10-15,23,27,34H,16-17H2,(H,28,31)(H,29,32)(H,30,33);1H2. The van der Waals surface area contributed by atoms with Crippen molar-refractivity contribution in [2.24, 2.45) is 0 Å². The van der Waals surface area contributed by atoms with Crippen LogP contribution in [0.25, 0.3) is 0 Å². The second-order valence-electron chi connectivity index (χ2n) is 7.24. The number of amides is 2. The Balaban J connectivity index is 0.00000222. The number of pyridine rings is 1. The molecule has 0 saturated heterocycles. The smallest absolute Gasteiger partial charge is 0.267 e. The quantitative estimate of drug-likeness (QED) is 0.192. The van der Waals surface area contributed by atoms with Crippen molar-refractivity contribution in [1.29, 1.82) is 0 Å². The minimum Gasteiger partial charge on any atom is -0.339 e. The van der Waals surface area contributed by atoms with Gasteiger partial charge < -0.3 is 20.4 Å². The SMILES string of the molecule is C#Cc1cc(CNCC(NC(=O)c2ccc(C#Cc3ccccc3)cc2)C(=O)NO)cc(=O)[nH]1.C=O. The van der Waals surface area contributed by atoms with Crippen molar-refractivity contribution in [3.05, 3.63) is 105 Å². The fourth-order valence-corrected chi connectivity index (χ4v) is 3.04. The molecule has 3 rings (SSSR count). The molecule has 1 unspecified atom stereocenters. The third kappa shape index (κ3) is 8.43. The maximum absolute atomic E-state index is 12.6. The average molecular weight is 485 g/mol. The van der Waals surface area contributed by atoms with E-state index in [1.54, 1.807) is 35.8 Å². The first-order valence-electron chi connectivity index (χ1n) is 10.6. The number of carbonyl (C=O) groups excluding carboxylic acids is 3. The molecule has 0 aliphatic rings. The highest BCUT2D eigenvalue weighted by Crippen LogP contribution is 2.05. The average Bonchev–Trinajstić information content (AvgIpc) is 2.92. The van der Waals surface area contributed by atoms with Crippen LogP contribution in [0.2, 0.25) is 0 Å². The van der Waals surface area contributed by atoms with Crippen molar-refractivity contribution < 1.29 is 19.6 Å². The van der Waals surface area contributed by atoms with Gasteiger partial charge >= 0.3 is 0 Å². The number of hydrogen-bond acceptors (Lipinski definition) is 6. The number of nitrogens with one attached hydrogen (secondary N) is 4. The molecule has 0 radical (unpaired) electrons. The third-order valence-corrected chi connectivity index (χ3v) is 4.74. The number of hydrogen-bond donors (Lipinski definition) is 5. The Morgan fingerprint density at radius 1 is 1.00 bits per heavy atom. The Bertz CT molecular complexity index is 1330. The van der Waals surface area contributed by atoms with E-state index in [2.05, 4.69) is 33.4 Å². The molecule has 1 heterocycles. The van der Waals surface area contributed by atoms with Crippen LogP contribution >= 0.6 is 0 Å². The molecule has 2 aromatic carbocycles. The molecule has 1 atom stereocenters. The van der Waals surface area contributed by atoms with E-state index >= 15 is 0 Å². The highest BCUT2D eigenvalue weighted by Gasteiger charge is 2.21. The zero-order valence-corrected chi connectivity index (χ0v) is 19.2. The number of aromatic amines is 1. The largest absolute Gasteiger partial charge is 0.339 e. The van der Waals surface area contributed by atoms with Crippen LogP contribution in [0, 0.1) is 24.2 Å². The molecule has 1 aromatic heterocycles. The summed E-state index contributed by atoms with van der Waals surface area (Å²) >= 11 is 0. The van der Waals surface area contributed by atoms with Gasteiger partial charge in [0.05, 0.1) is 5.69 Å². The highest BCUT2D eigenvalue weighted by atomic mass is 16.5. The van der Waals surface area contributed by atoms with Gasteiger partial charge in [-0.3, -0.25) is 19.6 Å². The van der Waals surface area contributed by atoms with Crippen LogP contribution < -0.4 is 21.7 Å². The van der Waals surface area contributed by atoms with Crippen molar-refractivity contribution >= 4 is 18.6 Å². The zero-order valence-electron chi connectivity index (χ0n) is 19.2. The van der Waals surface area contributed by atoms with Gasteiger partial charge in [-0.15, -0.1) is 6.42 Å². The van der Waals surface area contributed by atoms with Crippen LogP contribution in [0.3, 0.4) is 0 Å². The third-order valence-electron chi connectivity index (χ3n) is 4.74. The molecule has 9 heteroatoms. The monoisotopic (exact) mass is 484 g/mol. The van der Waals surface area contributed by atoms with Crippen LogP contribution in [0.15, 0.2) is 71.5 Å². The molecule has 0 aliphatic carbocycles. The van der Waals surface area contributed by atoms with E-state index in [1.807, 2.05) is 37.1 Å². The summed E-state index contributed by atoms with van der Waals surface area (Å²) < 4.78 is 0. The maximum atomic E-state index is 12.6. The molecule has 36 heavy (non-hydrogen) atoms. The van der Waals surface area contributed by atoms with Crippen LogP contribution in [0.1, 0.15) is 32.7 Å². The number of terminal acetylenes is 1. The van der Waals surface area contributed by atoms with Crippen LogP contribution in [-0.2, 0) is 16.1 Å². The van der Waals surface area contributed by atoms with E-state index in [0.717, 1.165) is 11.1 Å². The van der Waals surface area contributed by atoms with Gasteiger partial charge in [-0.25, -0.2) is 5.48 Å². The lowest BCUT2D eigenvalue weighted by molar-refractivity contribution is -0.131. The Morgan fingerprint density at radius 3 is 2.25 bits per heavy atom. The Labute approximate surface area is 207 Å². The molecule has 0 bridgehead atoms. The maximum Gasteiger partial charge on any atom is 0.267 e. The summed E-state index contributed by atoms with van der Waals surface area (Å²) in [6, 6.07) is 18.1. The van der Waals surface area contributed by atoms with Crippen LogP contribution in [-0.4, -0.2) is 41.4 Å². The second kappa shape index (κ2) is 14.3. The van der Waals surface area contributed by atoms with Gasteiger partial charge in [-0.2, -0.15) is 0 Å². The van der Waals surface area contributed by atoms with Crippen molar-refractivity contribution in [2.75, 3.05) is 6.54 Å². The molecule has 5 N–H and O–H groups in total. The summed E-state index contributed by atoms with van der Waals surface area (Å²) in [6.45, 7) is 2.22. The van der Waals surface area contributed by atoms with E-state index in [4.69, 9.17) is 16.4 Å². The van der Waals surface area contributed by atoms with Crippen LogP contribution in [0.5, 0.6) is 0 Å². The van der Waals surface area contributed by atoms with E-state index in [-0.39, 0.29) is 18.6 Å². The van der Waals surface area contributed by atoms with Crippen molar-refractivity contribution in [3.63, 3.8) is 0 Å². The first-order chi connectivity index (χ1) is 17.5. The topological polar surface area (TPSA) is 140 Å². The molecule has 0 fully saturated rings. The molecular formula is C27H24N4O5. The Kier molecular flexibility index (Phi) is 10.9. The van der Waals surface area contributed by atoms with Gasteiger partial charge in [-0.1, -0.05) is 36.0 Å². The number of rotatable bonds is 7. The van der Waals surface area contributed by atoms with Crippen molar-refractivity contribution in [3.8, 4) is 24.2 Å². The summed E-state index contributed by atoms with van der Waals surface area (Å²) in [5.41, 5.74) is 4.08. The first-order valence-corrected chi connectivity index (χ1v) is 10.6. The molecular weight excluding hydrogens is 460 g/mol. The summed E-state index contributed by atoms with van der Waals surface area (Å²) in [4.78, 5) is 46.8. The van der Waals surface area contributed by atoms with Gasteiger partial charge in [0.15, 0.2) is 0 Å². The number of benzene rings is 2. The summed E-state index contributed by atoms with van der Waals surface area (Å²) in [7, 11) is 0. The summed E-state index contributed by atoms with van der Waals surface area (Å²) in [5.74, 6) is 7.13. The van der Waals surface area contributed by atoms with Crippen molar-refractivity contribution in [2.45, 2.75) is 12.6 Å². The highest BCUT2D eigenvalue weighted by molar-refractivity contribution is 5.97. The predicted octanol–water partition coefficient (Wildman–Crippen LogP) is 0.965. The molecule has 9 nitrogen and oxygen atoms in total. The number of carbonyl (C=O) groups is 3. The van der Waals surface area contributed by atoms with E-state index in [0.29, 0.717) is 16.8 Å². The van der Waals surface area contributed by atoms with Gasteiger partial charge in [0, 0.05) is 35.8 Å². The fourth-order valence-electron chi connectivity index (χ4n) is 3.04. The van der Waals surface area contributed by atoms with Crippen molar-refractivity contribution in [1.82, 2.24) is 21.1 Å². The summed E-state index contributed by atoms with van der Waals surface area (Å²) in [5, 5.41) is 14.6. The molecule has 0 saturated carbocycles. The number of hydroxylamine groups is 1. The fraction of sp³-hybridized carbons (Fsp3) is 0.111. The van der Waals surface area contributed by atoms with E-state index in [9.17, 15) is 14.4 Å². The second-order valence-corrected chi connectivity index (χ2v) is 7.24. The summed E-state index contributed by atoms with van der Waals surface area (Å²) in [6.07, 6.45) is 5.31. The predicted molar refractivity (Wildman–Crippen MR) is 134 cm³/mol. The van der Waals surface area contributed by atoms with Crippen LogP contribution in [0.4, 0.5) is 0 Å². The Morgan fingerprint density at radius 2 is 1.64 bits per heavy atom. The first kappa shape index (κ1) is 27.3. The molecule has 2 amide bonds. The minimum atomic E-state index is -1.07. The molecule has 3 aromatic rings. The van der Waals surface area contributed by atoms with E-state index in [1.165, 1.54) is 6.07 Å². The normalized spacial score (nSPS) is 10.3. The molecule has 182 valence electrons. The van der Waals surface area contributed by atoms with Gasteiger partial charge in [0.1, 0.15) is 12.8 Å². The number of H-pyrrole nitrogens is 1. The van der Waals surface area contributed by atoms with E-state index < -0.39 is 17.9 Å².